The van der Waals surface area contributed by atoms with Gasteiger partial charge in [0.1, 0.15) is 0 Å². The van der Waals surface area contributed by atoms with Crippen LogP contribution in [0.2, 0.25) is 5.02 Å². The van der Waals surface area contributed by atoms with Crippen LogP contribution in [-0.2, 0) is 4.79 Å². The molecule has 0 fully saturated rings. The van der Waals surface area contributed by atoms with Crippen LogP contribution in [0.1, 0.15) is 13.3 Å². The molecular weight excluding hydrogens is 370 g/mol. The summed E-state index contributed by atoms with van der Waals surface area (Å²) in [6.45, 7) is 2.01. The first-order chi connectivity index (χ1) is 10.1. The lowest BCUT2D eigenvalue weighted by Crippen LogP contribution is -2.24. The summed E-state index contributed by atoms with van der Waals surface area (Å²) in [4.78, 5) is 13.4. The van der Waals surface area contributed by atoms with Crippen molar-refractivity contribution in [2.45, 2.75) is 23.5 Å². The smallest absolute Gasteiger partial charge is 0.237 e. The fourth-order valence-electron chi connectivity index (χ4n) is 1.78. The predicted octanol–water partition coefficient (Wildman–Crippen LogP) is 5.61. The standard InChI is InChI=1S/C16H15BrClNOS/c1-2-15(21-12-9-7-11(18)8-10-12)16(20)19-14-6-4-3-5-13(14)17/h3-10,15H,2H2,1H3,(H,19,20)/t15-/m0/s1. The first-order valence-electron chi connectivity index (χ1n) is 6.57. The van der Waals surface area contributed by atoms with Crippen LogP contribution < -0.4 is 5.32 Å². The Labute approximate surface area is 142 Å². The highest BCUT2D eigenvalue weighted by Crippen LogP contribution is 2.28. The van der Waals surface area contributed by atoms with Crippen LogP contribution in [0.5, 0.6) is 0 Å². The monoisotopic (exact) mass is 383 g/mol. The minimum absolute atomic E-state index is 0.00403. The third-order valence-electron chi connectivity index (χ3n) is 2.89. The molecule has 1 amide bonds. The summed E-state index contributed by atoms with van der Waals surface area (Å²) in [5.74, 6) is 0.00403. The minimum Gasteiger partial charge on any atom is -0.324 e. The maximum absolute atomic E-state index is 12.4. The number of halogens is 2. The molecule has 5 heteroatoms. The molecular formula is C16H15BrClNOS. The van der Waals surface area contributed by atoms with Crippen molar-refractivity contribution in [3.05, 3.63) is 58.0 Å². The van der Waals surface area contributed by atoms with E-state index in [-0.39, 0.29) is 11.2 Å². The number of rotatable bonds is 5. The van der Waals surface area contributed by atoms with Gasteiger partial charge in [-0.15, -0.1) is 11.8 Å². The topological polar surface area (TPSA) is 29.1 Å². The average Bonchev–Trinajstić information content (AvgIpc) is 2.49. The molecule has 110 valence electrons. The fourth-order valence-corrected chi connectivity index (χ4v) is 3.24. The zero-order valence-electron chi connectivity index (χ0n) is 11.5. The molecule has 0 aliphatic carbocycles. The molecule has 0 saturated carbocycles. The highest BCUT2D eigenvalue weighted by molar-refractivity contribution is 9.10. The Bertz CT molecular complexity index is 618. The Morgan fingerprint density at radius 2 is 1.90 bits per heavy atom. The van der Waals surface area contributed by atoms with Gasteiger partial charge in [0, 0.05) is 14.4 Å². The summed E-state index contributed by atoms with van der Waals surface area (Å²) in [6, 6.07) is 15.1. The summed E-state index contributed by atoms with van der Waals surface area (Å²) in [7, 11) is 0. The Hall–Kier alpha value is -0.970. The maximum Gasteiger partial charge on any atom is 0.237 e. The number of para-hydroxylation sites is 1. The van der Waals surface area contributed by atoms with E-state index in [1.54, 1.807) is 11.8 Å². The summed E-state index contributed by atoms with van der Waals surface area (Å²) in [6.07, 6.45) is 0.754. The molecule has 21 heavy (non-hydrogen) atoms. The van der Waals surface area contributed by atoms with E-state index in [9.17, 15) is 4.79 Å². The van der Waals surface area contributed by atoms with Crippen molar-refractivity contribution in [3.63, 3.8) is 0 Å². The zero-order valence-corrected chi connectivity index (χ0v) is 14.6. The van der Waals surface area contributed by atoms with Gasteiger partial charge in [0.05, 0.1) is 10.9 Å². The van der Waals surface area contributed by atoms with Crippen molar-refractivity contribution in [3.8, 4) is 0 Å². The van der Waals surface area contributed by atoms with Crippen molar-refractivity contribution < 1.29 is 4.79 Å². The summed E-state index contributed by atoms with van der Waals surface area (Å²) >= 11 is 10.9. The van der Waals surface area contributed by atoms with E-state index >= 15 is 0 Å². The van der Waals surface area contributed by atoms with Gasteiger partial charge in [0.25, 0.3) is 0 Å². The molecule has 2 nitrogen and oxygen atoms in total. The molecule has 2 aromatic rings. The largest absolute Gasteiger partial charge is 0.324 e. The van der Waals surface area contributed by atoms with E-state index in [1.807, 2.05) is 55.5 Å². The number of thioether (sulfide) groups is 1. The highest BCUT2D eigenvalue weighted by atomic mass is 79.9. The van der Waals surface area contributed by atoms with Gasteiger partial charge < -0.3 is 5.32 Å². The molecule has 1 N–H and O–H groups in total. The predicted molar refractivity (Wildman–Crippen MR) is 94.2 cm³/mol. The van der Waals surface area contributed by atoms with E-state index in [4.69, 9.17) is 11.6 Å². The summed E-state index contributed by atoms with van der Waals surface area (Å²) < 4.78 is 0.879. The summed E-state index contributed by atoms with van der Waals surface area (Å²) in [5, 5.41) is 3.52. The van der Waals surface area contributed by atoms with Crippen LogP contribution in [0.15, 0.2) is 57.9 Å². The van der Waals surface area contributed by atoms with E-state index in [1.165, 1.54) is 0 Å². The van der Waals surface area contributed by atoms with E-state index < -0.39 is 0 Å². The zero-order chi connectivity index (χ0) is 15.2. The Kier molecular flexibility index (Phi) is 6.15. The Morgan fingerprint density at radius 3 is 2.52 bits per heavy atom. The highest BCUT2D eigenvalue weighted by Gasteiger charge is 2.18. The number of carbonyl (C=O) groups excluding carboxylic acids is 1. The third kappa shape index (κ3) is 4.77. The van der Waals surface area contributed by atoms with Gasteiger partial charge >= 0.3 is 0 Å². The molecule has 0 saturated heterocycles. The SMILES string of the molecule is CC[C@H](Sc1ccc(Cl)cc1)C(=O)Nc1ccccc1Br. The molecule has 0 aliphatic rings. The first-order valence-corrected chi connectivity index (χ1v) is 8.63. The number of carbonyl (C=O) groups is 1. The number of hydrogen-bond acceptors (Lipinski definition) is 2. The third-order valence-corrected chi connectivity index (χ3v) is 5.21. The number of nitrogens with one attached hydrogen (secondary N) is 1. The first kappa shape index (κ1) is 16.4. The molecule has 1 atom stereocenters. The van der Waals surface area contributed by atoms with Gasteiger partial charge in [-0.1, -0.05) is 30.7 Å². The van der Waals surface area contributed by atoms with E-state index in [0.29, 0.717) is 5.02 Å². The van der Waals surface area contributed by atoms with Crippen LogP contribution in [0.25, 0.3) is 0 Å². The van der Waals surface area contributed by atoms with Crippen molar-refractivity contribution in [2.24, 2.45) is 0 Å². The molecule has 0 heterocycles. The normalized spacial score (nSPS) is 12.0. The number of anilines is 1. The van der Waals surface area contributed by atoms with Crippen LogP contribution in [-0.4, -0.2) is 11.2 Å². The number of hydrogen-bond donors (Lipinski definition) is 1. The fraction of sp³-hybridized carbons (Fsp3) is 0.188. The Balaban J connectivity index is 2.05. The number of benzene rings is 2. The maximum atomic E-state index is 12.4. The molecule has 0 radical (unpaired) electrons. The second kappa shape index (κ2) is 7.87. The molecule has 0 spiro atoms. The van der Waals surface area contributed by atoms with Crippen LogP contribution in [0, 0.1) is 0 Å². The van der Waals surface area contributed by atoms with Crippen LogP contribution in [0.4, 0.5) is 5.69 Å². The summed E-state index contributed by atoms with van der Waals surface area (Å²) in [5.41, 5.74) is 0.789. The lowest BCUT2D eigenvalue weighted by molar-refractivity contribution is -0.115. The van der Waals surface area contributed by atoms with Gasteiger partial charge in [0.15, 0.2) is 0 Å². The molecule has 2 rings (SSSR count). The van der Waals surface area contributed by atoms with Crippen LogP contribution >= 0.6 is 39.3 Å². The van der Waals surface area contributed by atoms with Crippen LogP contribution in [0.3, 0.4) is 0 Å². The molecule has 2 aromatic carbocycles. The quantitative estimate of drug-likeness (QED) is 0.679. The molecule has 0 unspecified atom stereocenters. The van der Waals surface area contributed by atoms with Gasteiger partial charge in [0.2, 0.25) is 5.91 Å². The second-order valence-electron chi connectivity index (χ2n) is 4.44. The molecule has 0 aliphatic heterocycles. The van der Waals surface area contributed by atoms with Gasteiger partial charge in [-0.25, -0.2) is 0 Å². The average molecular weight is 385 g/mol. The molecule has 0 bridgehead atoms. The second-order valence-corrected chi connectivity index (χ2v) is 7.00. The van der Waals surface area contributed by atoms with Crippen molar-refractivity contribution >= 4 is 50.9 Å². The Morgan fingerprint density at radius 1 is 1.24 bits per heavy atom. The van der Waals surface area contributed by atoms with E-state index in [0.717, 1.165) is 21.5 Å². The van der Waals surface area contributed by atoms with Gasteiger partial charge in [-0.05, 0) is 58.7 Å². The number of amides is 1. The molecule has 0 aromatic heterocycles. The van der Waals surface area contributed by atoms with Crippen molar-refractivity contribution in [1.29, 1.82) is 0 Å². The lowest BCUT2D eigenvalue weighted by Gasteiger charge is -2.15. The van der Waals surface area contributed by atoms with Gasteiger partial charge in [-0.3, -0.25) is 4.79 Å². The van der Waals surface area contributed by atoms with Gasteiger partial charge in [-0.2, -0.15) is 0 Å². The van der Waals surface area contributed by atoms with Crippen molar-refractivity contribution in [1.82, 2.24) is 0 Å². The van der Waals surface area contributed by atoms with Crippen molar-refractivity contribution in [2.75, 3.05) is 5.32 Å². The minimum atomic E-state index is -0.140. The van der Waals surface area contributed by atoms with E-state index in [2.05, 4.69) is 21.2 Å². The lowest BCUT2D eigenvalue weighted by atomic mass is 10.3.